The SMILES string of the molecule is CCC(N)C(CO)Sc1n[nH]c(=O)n1C(C)C. The van der Waals surface area contributed by atoms with Crippen LogP contribution in [0.3, 0.4) is 0 Å². The standard InChI is InChI=1S/C10H20N4O2S/c1-4-7(11)8(5-15)17-10-13-12-9(16)14(10)6(2)3/h6-8,15H,4-5,11H2,1-3H3,(H,12,16). The summed E-state index contributed by atoms with van der Waals surface area (Å²) in [5.74, 6) is 0. The number of aliphatic hydroxyl groups is 1. The topological polar surface area (TPSA) is 96.9 Å². The Morgan fingerprint density at radius 1 is 1.59 bits per heavy atom. The molecule has 0 spiro atoms. The number of rotatable bonds is 6. The van der Waals surface area contributed by atoms with E-state index in [1.165, 1.54) is 11.8 Å². The van der Waals surface area contributed by atoms with Crippen LogP contribution in [-0.2, 0) is 0 Å². The van der Waals surface area contributed by atoms with Crippen LogP contribution in [-0.4, -0.2) is 37.8 Å². The van der Waals surface area contributed by atoms with Gasteiger partial charge in [0.2, 0.25) is 0 Å². The Morgan fingerprint density at radius 3 is 2.71 bits per heavy atom. The molecule has 7 heteroatoms. The zero-order valence-corrected chi connectivity index (χ0v) is 11.2. The number of aromatic nitrogens is 3. The molecule has 1 rings (SSSR count). The summed E-state index contributed by atoms with van der Waals surface area (Å²) in [5, 5.41) is 16.1. The maximum absolute atomic E-state index is 11.5. The molecule has 2 atom stereocenters. The molecule has 1 aromatic heterocycles. The summed E-state index contributed by atoms with van der Waals surface area (Å²) in [5.41, 5.74) is 5.67. The lowest BCUT2D eigenvalue weighted by molar-refractivity contribution is 0.280. The van der Waals surface area contributed by atoms with Crippen molar-refractivity contribution in [3.63, 3.8) is 0 Å². The van der Waals surface area contributed by atoms with Crippen molar-refractivity contribution in [3.8, 4) is 0 Å². The molecule has 0 saturated carbocycles. The minimum absolute atomic E-state index is 0.0287. The molecule has 1 heterocycles. The van der Waals surface area contributed by atoms with E-state index in [9.17, 15) is 9.90 Å². The van der Waals surface area contributed by atoms with Gasteiger partial charge in [-0.15, -0.1) is 5.10 Å². The number of H-pyrrole nitrogens is 1. The smallest absolute Gasteiger partial charge is 0.344 e. The van der Waals surface area contributed by atoms with Crippen LogP contribution in [0.1, 0.15) is 33.2 Å². The van der Waals surface area contributed by atoms with E-state index in [0.29, 0.717) is 5.16 Å². The molecule has 4 N–H and O–H groups in total. The molecule has 0 amide bonds. The minimum Gasteiger partial charge on any atom is -0.395 e. The van der Waals surface area contributed by atoms with E-state index < -0.39 is 0 Å². The third kappa shape index (κ3) is 3.34. The van der Waals surface area contributed by atoms with Gasteiger partial charge in [-0.2, -0.15) is 0 Å². The molecule has 0 aliphatic carbocycles. The van der Waals surface area contributed by atoms with Gasteiger partial charge in [0.05, 0.1) is 11.9 Å². The largest absolute Gasteiger partial charge is 0.395 e. The van der Waals surface area contributed by atoms with E-state index >= 15 is 0 Å². The lowest BCUT2D eigenvalue weighted by atomic mass is 10.2. The summed E-state index contributed by atoms with van der Waals surface area (Å²) in [6.45, 7) is 5.76. The van der Waals surface area contributed by atoms with Crippen molar-refractivity contribution in [2.24, 2.45) is 5.73 Å². The van der Waals surface area contributed by atoms with Crippen LogP contribution in [0.4, 0.5) is 0 Å². The first-order chi connectivity index (χ1) is 8.01. The normalized spacial score (nSPS) is 15.2. The Morgan fingerprint density at radius 2 is 2.24 bits per heavy atom. The van der Waals surface area contributed by atoms with Crippen molar-refractivity contribution in [2.45, 2.75) is 49.7 Å². The third-order valence-corrected chi connectivity index (χ3v) is 3.87. The highest BCUT2D eigenvalue weighted by atomic mass is 32.2. The molecule has 0 fully saturated rings. The minimum atomic E-state index is -0.232. The van der Waals surface area contributed by atoms with Gasteiger partial charge in [0, 0.05) is 12.1 Å². The van der Waals surface area contributed by atoms with E-state index in [2.05, 4.69) is 10.2 Å². The average molecular weight is 260 g/mol. The fourth-order valence-electron chi connectivity index (χ4n) is 1.49. The first-order valence-electron chi connectivity index (χ1n) is 5.71. The Bertz CT molecular complexity index is 401. The molecule has 17 heavy (non-hydrogen) atoms. The van der Waals surface area contributed by atoms with Crippen LogP contribution >= 0.6 is 11.8 Å². The number of hydrogen-bond acceptors (Lipinski definition) is 5. The zero-order chi connectivity index (χ0) is 13.0. The highest BCUT2D eigenvalue weighted by molar-refractivity contribution is 7.99. The number of aromatic amines is 1. The molecule has 0 aliphatic heterocycles. The van der Waals surface area contributed by atoms with E-state index in [0.717, 1.165) is 6.42 Å². The maximum Gasteiger partial charge on any atom is 0.344 e. The van der Waals surface area contributed by atoms with Gasteiger partial charge < -0.3 is 10.8 Å². The molecule has 0 aromatic carbocycles. The number of nitrogens with two attached hydrogens (primary N) is 1. The maximum atomic E-state index is 11.5. The highest BCUT2D eigenvalue weighted by Crippen LogP contribution is 2.24. The number of nitrogens with one attached hydrogen (secondary N) is 1. The monoisotopic (exact) mass is 260 g/mol. The van der Waals surface area contributed by atoms with Crippen LogP contribution in [0, 0.1) is 0 Å². The molecule has 0 saturated heterocycles. The highest BCUT2D eigenvalue weighted by Gasteiger charge is 2.21. The second kappa shape index (κ2) is 6.23. The Kier molecular flexibility index (Phi) is 5.23. The van der Waals surface area contributed by atoms with Gasteiger partial charge in [-0.05, 0) is 20.3 Å². The lowest BCUT2D eigenvalue weighted by Gasteiger charge is -2.20. The summed E-state index contributed by atoms with van der Waals surface area (Å²) in [7, 11) is 0. The molecule has 0 bridgehead atoms. The Labute approximate surface area is 105 Å². The van der Waals surface area contributed by atoms with Crippen LogP contribution in [0.15, 0.2) is 9.95 Å². The quantitative estimate of drug-likeness (QED) is 0.641. The summed E-state index contributed by atoms with van der Waals surface area (Å²) < 4.78 is 1.57. The van der Waals surface area contributed by atoms with Gasteiger partial charge >= 0.3 is 5.69 Å². The average Bonchev–Trinajstić information content (AvgIpc) is 2.66. The molecule has 0 aliphatic rings. The van der Waals surface area contributed by atoms with Crippen molar-refractivity contribution < 1.29 is 5.11 Å². The predicted octanol–water partition coefficient (Wildman–Crippen LogP) is 0.343. The Hall–Kier alpha value is -0.790. The zero-order valence-electron chi connectivity index (χ0n) is 10.4. The number of nitrogens with zero attached hydrogens (tertiary/aromatic N) is 2. The third-order valence-electron chi connectivity index (χ3n) is 2.57. The van der Waals surface area contributed by atoms with Crippen molar-refractivity contribution in [1.82, 2.24) is 14.8 Å². The first kappa shape index (κ1) is 14.3. The molecule has 1 aromatic rings. The van der Waals surface area contributed by atoms with E-state index in [4.69, 9.17) is 5.73 Å². The number of hydrogen-bond donors (Lipinski definition) is 3. The molecule has 6 nitrogen and oxygen atoms in total. The van der Waals surface area contributed by atoms with Crippen LogP contribution in [0.2, 0.25) is 0 Å². The fraction of sp³-hybridized carbons (Fsp3) is 0.800. The summed E-state index contributed by atoms with van der Waals surface area (Å²) in [6, 6.07) is -0.0849. The molecule has 98 valence electrons. The van der Waals surface area contributed by atoms with Crippen molar-refractivity contribution in [3.05, 3.63) is 10.5 Å². The second-order valence-electron chi connectivity index (χ2n) is 4.19. The van der Waals surface area contributed by atoms with E-state index in [1.807, 2.05) is 20.8 Å². The second-order valence-corrected chi connectivity index (χ2v) is 5.39. The molecule has 2 unspecified atom stereocenters. The van der Waals surface area contributed by atoms with Crippen LogP contribution in [0.25, 0.3) is 0 Å². The van der Waals surface area contributed by atoms with Crippen LogP contribution in [0.5, 0.6) is 0 Å². The van der Waals surface area contributed by atoms with Gasteiger partial charge in [-0.25, -0.2) is 9.89 Å². The van der Waals surface area contributed by atoms with Gasteiger partial charge in [-0.1, -0.05) is 18.7 Å². The summed E-state index contributed by atoms with van der Waals surface area (Å²) in [6.07, 6.45) is 0.772. The van der Waals surface area contributed by atoms with Gasteiger partial charge in [0.15, 0.2) is 5.16 Å². The fourth-order valence-corrected chi connectivity index (χ4v) is 2.71. The van der Waals surface area contributed by atoms with Crippen molar-refractivity contribution >= 4 is 11.8 Å². The first-order valence-corrected chi connectivity index (χ1v) is 6.59. The molecule has 0 radical (unpaired) electrons. The van der Waals surface area contributed by atoms with Gasteiger partial charge in [0.25, 0.3) is 0 Å². The van der Waals surface area contributed by atoms with E-state index in [-0.39, 0.29) is 29.6 Å². The summed E-state index contributed by atoms with van der Waals surface area (Å²) >= 11 is 1.34. The lowest BCUT2D eigenvalue weighted by Crippen LogP contribution is -2.34. The number of aliphatic hydroxyl groups excluding tert-OH is 1. The van der Waals surface area contributed by atoms with Crippen molar-refractivity contribution in [2.75, 3.05) is 6.61 Å². The van der Waals surface area contributed by atoms with E-state index in [1.54, 1.807) is 4.57 Å². The van der Waals surface area contributed by atoms with Gasteiger partial charge in [-0.3, -0.25) is 4.57 Å². The molecular weight excluding hydrogens is 240 g/mol. The summed E-state index contributed by atoms with van der Waals surface area (Å²) in [4.78, 5) is 11.5. The van der Waals surface area contributed by atoms with Gasteiger partial charge in [0.1, 0.15) is 0 Å². The number of thioether (sulfide) groups is 1. The predicted molar refractivity (Wildman–Crippen MR) is 68.2 cm³/mol. The van der Waals surface area contributed by atoms with Crippen LogP contribution < -0.4 is 11.4 Å². The molecular formula is C10H20N4O2S. The van der Waals surface area contributed by atoms with Crippen molar-refractivity contribution in [1.29, 1.82) is 0 Å². The Balaban J connectivity index is 2.90.